The van der Waals surface area contributed by atoms with Crippen LogP contribution < -0.4 is 5.32 Å². The second-order valence-electron chi connectivity index (χ2n) is 8.47. The van der Waals surface area contributed by atoms with Crippen molar-refractivity contribution in [2.75, 3.05) is 19.6 Å². The number of carbonyl (C=O) groups excluding carboxylic acids is 2. The first-order chi connectivity index (χ1) is 13.9. The van der Waals surface area contributed by atoms with E-state index < -0.39 is 5.41 Å². The summed E-state index contributed by atoms with van der Waals surface area (Å²) >= 11 is 1.73. The number of nitrogens with zero attached hydrogens (tertiary/aromatic N) is 1. The molecule has 2 heterocycles. The topological polar surface area (TPSA) is 49.4 Å². The van der Waals surface area contributed by atoms with E-state index >= 15 is 0 Å². The largest absolute Gasteiger partial charge is 0.356 e. The van der Waals surface area contributed by atoms with E-state index in [-0.39, 0.29) is 11.8 Å². The van der Waals surface area contributed by atoms with E-state index in [0.29, 0.717) is 51.2 Å². The molecule has 2 aromatic rings. The average molecular weight is 413 g/mol. The molecule has 0 bridgehead atoms. The molecule has 3 rings (SSSR count). The smallest absolute Gasteiger partial charge is 0.226 e. The molecule has 0 spiro atoms. The molecule has 2 amide bonds. The molecule has 0 radical (unpaired) electrons. The summed E-state index contributed by atoms with van der Waals surface area (Å²) in [7, 11) is 0. The lowest BCUT2D eigenvalue weighted by Gasteiger charge is -2.41. The Balaban J connectivity index is 1.78. The van der Waals surface area contributed by atoms with Crippen molar-refractivity contribution in [1.29, 1.82) is 0 Å². The Labute approximate surface area is 178 Å². The minimum absolute atomic E-state index is 0.123. The minimum atomic E-state index is -0.446. The molecule has 4 nitrogen and oxygen atoms in total. The predicted octanol–water partition coefficient (Wildman–Crippen LogP) is 4.75. The van der Waals surface area contributed by atoms with E-state index in [0.717, 1.165) is 0 Å². The first kappa shape index (κ1) is 21.6. The van der Waals surface area contributed by atoms with Crippen molar-refractivity contribution in [3.8, 4) is 10.4 Å². The lowest BCUT2D eigenvalue weighted by Crippen LogP contribution is -2.51. The third kappa shape index (κ3) is 5.27. The number of likely N-dealkylation sites (tertiary alicyclic amines) is 1. The van der Waals surface area contributed by atoms with Gasteiger partial charge in [-0.2, -0.15) is 0 Å². The maximum Gasteiger partial charge on any atom is 0.226 e. The maximum absolute atomic E-state index is 13.1. The van der Waals surface area contributed by atoms with Crippen molar-refractivity contribution in [1.82, 2.24) is 10.2 Å². The highest BCUT2D eigenvalue weighted by atomic mass is 32.1. The van der Waals surface area contributed by atoms with Gasteiger partial charge in [-0.05, 0) is 54.7 Å². The van der Waals surface area contributed by atoms with E-state index in [9.17, 15) is 9.59 Å². The predicted molar refractivity (Wildman–Crippen MR) is 120 cm³/mol. The summed E-state index contributed by atoms with van der Waals surface area (Å²) in [5.41, 5.74) is 1.94. The standard InChI is InChI=1S/C24H32N2O2S/c1-4-25-23(28)24(10-12-26(13-11-24)22(27)15-18(2)3)17-19-7-5-8-20(16-19)21-9-6-14-29-21/h5-9,14,16,18H,4,10-13,15,17H2,1-3H3,(H,25,28). The number of carbonyl (C=O) groups is 2. The zero-order valence-corrected chi connectivity index (χ0v) is 18.6. The molecule has 29 heavy (non-hydrogen) atoms. The van der Waals surface area contributed by atoms with E-state index in [1.165, 1.54) is 16.0 Å². The molecule has 1 N–H and O–H groups in total. The van der Waals surface area contributed by atoms with Gasteiger partial charge in [-0.25, -0.2) is 0 Å². The van der Waals surface area contributed by atoms with Gasteiger partial charge < -0.3 is 10.2 Å². The van der Waals surface area contributed by atoms with E-state index in [2.05, 4.69) is 60.9 Å². The number of rotatable bonds is 7. The van der Waals surface area contributed by atoms with Crippen LogP contribution in [-0.2, 0) is 16.0 Å². The fourth-order valence-corrected chi connectivity index (χ4v) is 4.89. The molecule has 1 aromatic heterocycles. The molecule has 0 aliphatic carbocycles. The highest BCUT2D eigenvalue weighted by molar-refractivity contribution is 7.13. The van der Waals surface area contributed by atoms with Crippen LogP contribution in [0.2, 0.25) is 0 Å². The lowest BCUT2D eigenvalue weighted by atomic mass is 9.72. The van der Waals surface area contributed by atoms with Gasteiger partial charge in [0.15, 0.2) is 0 Å². The summed E-state index contributed by atoms with van der Waals surface area (Å²) in [6.45, 7) is 8.06. The van der Waals surface area contributed by atoms with Crippen LogP contribution in [0.3, 0.4) is 0 Å². The van der Waals surface area contributed by atoms with Gasteiger partial charge in [0.2, 0.25) is 11.8 Å². The Bertz CT molecular complexity index is 821. The number of hydrogen-bond acceptors (Lipinski definition) is 3. The van der Waals surface area contributed by atoms with Crippen LogP contribution in [0.15, 0.2) is 41.8 Å². The molecule has 0 atom stereocenters. The number of amides is 2. The molecule has 0 unspecified atom stereocenters. The number of thiophene rings is 1. The number of benzene rings is 1. The Hall–Kier alpha value is -2.14. The van der Waals surface area contributed by atoms with Crippen LogP contribution >= 0.6 is 11.3 Å². The van der Waals surface area contributed by atoms with Crippen molar-refractivity contribution >= 4 is 23.2 Å². The SMILES string of the molecule is CCNC(=O)C1(Cc2cccc(-c3cccs3)c2)CCN(C(=O)CC(C)C)CC1. The number of piperidine rings is 1. The second kappa shape index (κ2) is 9.57. The van der Waals surface area contributed by atoms with Crippen LogP contribution in [0, 0.1) is 11.3 Å². The Kier molecular flexibility index (Phi) is 7.12. The van der Waals surface area contributed by atoms with E-state index in [1.807, 2.05) is 11.8 Å². The van der Waals surface area contributed by atoms with Gasteiger partial charge in [0.05, 0.1) is 5.41 Å². The third-order valence-corrected chi connectivity index (χ3v) is 6.67. The number of nitrogens with one attached hydrogen (secondary N) is 1. The molecule has 5 heteroatoms. The van der Waals surface area contributed by atoms with Crippen molar-refractivity contribution in [2.45, 2.75) is 46.5 Å². The second-order valence-corrected chi connectivity index (χ2v) is 9.42. The van der Waals surface area contributed by atoms with Gasteiger partial charge in [0, 0.05) is 30.9 Å². The van der Waals surface area contributed by atoms with Crippen LogP contribution in [0.25, 0.3) is 10.4 Å². The molecule has 1 aliphatic heterocycles. The highest BCUT2D eigenvalue weighted by Gasteiger charge is 2.42. The van der Waals surface area contributed by atoms with Crippen molar-refractivity contribution in [2.24, 2.45) is 11.3 Å². The summed E-state index contributed by atoms with van der Waals surface area (Å²) in [6, 6.07) is 12.7. The zero-order chi connectivity index (χ0) is 20.9. The molecular formula is C24H32N2O2S. The van der Waals surface area contributed by atoms with Gasteiger partial charge in [-0.1, -0.05) is 44.2 Å². The fraction of sp³-hybridized carbons (Fsp3) is 0.500. The summed E-state index contributed by atoms with van der Waals surface area (Å²) in [5, 5.41) is 5.14. The summed E-state index contributed by atoms with van der Waals surface area (Å²) in [5.74, 6) is 0.694. The fourth-order valence-electron chi connectivity index (χ4n) is 4.16. The van der Waals surface area contributed by atoms with Crippen LogP contribution in [0.1, 0.15) is 45.6 Å². The quantitative estimate of drug-likeness (QED) is 0.713. The first-order valence-corrected chi connectivity index (χ1v) is 11.5. The summed E-state index contributed by atoms with van der Waals surface area (Å²) in [6.07, 6.45) is 2.72. The van der Waals surface area contributed by atoms with Crippen molar-refractivity contribution in [3.05, 3.63) is 47.3 Å². The molecule has 1 saturated heterocycles. The summed E-state index contributed by atoms with van der Waals surface area (Å²) in [4.78, 5) is 28.7. The highest BCUT2D eigenvalue weighted by Crippen LogP contribution is 2.37. The van der Waals surface area contributed by atoms with Gasteiger partial charge in [-0.3, -0.25) is 9.59 Å². The summed E-state index contributed by atoms with van der Waals surface area (Å²) < 4.78 is 0. The molecule has 1 aromatic carbocycles. The maximum atomic E-state index is 13.1. The van der Waals surface area contributed by atoms with E-state index in [4.69, 9.17) is 0 Å². The van der Waals surface area contributed by atoms with Crippen LogP contribution in [-0.4, -0.2) is 36.3 Å². The van der Waals surface area contributed by atoms with Crippen molar-refractivity contribution < 1.29 is 9.59 Å². The van der Waals surface area contributed by atoms with Crippen molar-refractivity contribution in [3.63, 3.8) is 0 Å². The first-order valence-electron chi connectivity index (χ1n) is 10.6. The van der Waals surface area contributed by atoms with E-state index in [1.54, 1.807) is 11.3 Å². The lowest BCUT2D eigenvalue weighted by molar-refractivity contribution is -0.141. The number of hydrogen-bond donors (Lipinski definition) is 1. The van der Waals surface area contributed by atoms with Crippen LogP contribution in [0.5, 0.6) is 0 Å². The van der Waals surface area contributed by atoms with Gasteiger partial charge in [0.25, 0.3) is 0 Å². The Morgan fingerprint density at radius 2 is 1.93 bits per heavy atom. The molecule has 1 aliphatic rings. The van der Waals surface area contributed by atoms with Crippen LogP contribution in [0.4, 0.5) is 0 Å². The monoisotopic (exact) mass is 412 g/mol. The molecular weight excluding hydrogens is 380 g/mol. The normalized spacial score (nSPS) is 16.1. The zero-order valence-electron chi connectivity index (χ0n) is 17.7. The molecule has 0 saturated carbocycles. The average Bonchev–Trinajstić information content (AvgIpc) is 3.23. The van der Waals surface area contributed by atoms with Gasteiger partial charge in [0.1, 0.15) is 0 Å². The Morgan fingerprint density at radius 3 is 2.55 bits per heavy atom. The third-order valence-electron chi connectivity index (χ3n) is 5.75. The Morgan fingerprint density at radius 1 is 1.17 bits per heavy atom. The van der Waals surface area contributed by atoms with Gasteiger partial charge >= 0.3 is 0 Å². The molecule has 1 fully saturated rings. The molecule has 156 valence electrons. The van der Waals surface area contributed by atoms with Gasteiger partial charge in [-0.15, -0.1) is 11.3 Å². The minimum Gasteiger partial charge on any atom is -0.356 e.